The fourth-order valence-electron chi connectivity index (χ4n) is 3.01. The van der Waals surface area contributed by atoms with E-state index in [0.29, 0.717) is 30.7 Å². The third kappa shape index (κ3) is 3.49. The maximum absolute atomic E-state index is 13.8. The number of hydrogen-bond acceptors (Lipinski definition) is 7. The van der Waals surface area contributed by atoms with E-state index in [2.05, 4.69) is 30.6 Å². The van der Waals surface area contributed by atoms with Gasteiger partial charge in [0.05, 0.1) is 42.2 Å². The van der Waals surface area contributed by atoms with Crippen molar-refractivity contribution in [2.24, 2.45) is 0 Å². The lowest BCUT2D eigenvalue weighted by Gasteiger charge is -2.25. The molecule has 4 rings (SSSR count). The zero-order valence-corrected chi connectivity index (χ0v) is 15.2. The SMILES string of the molecule is CC(O)(c1cn2c(-c3cncc(N[C@H]4CNC[C@@H]4F)n3)cnc2cn1)C(F)(F)F. The summed E-state index contributed by atoms with van der Waals surface area (Å²) in [6, 6.07) is -0.459. The van der Waals surface area contributed by atoms with Crippen LogP contribution < -0.4 is 10.6 Å². The number of nitrogens with zero attached hydrogens (tertiary/aromatic N) is 5. The van der Waals surface area contributed by atoms with E-state index < -0.39 is 29.7 Å². The van der Waals surface area contributed by atoms with Crippen molar-refractivity contribution in [2.75, 3.05) is 18.4 Å². The van der Waals surface area contributed by atoms with Gasteiger partial charge in [-0.2, -0.15) is 13.2 Å². The van der Waals surface area contributed by atoms with E-state index in [9.17, 15) is 22.7 Å². The van der Waals surface area contributed by atoms with Crippen LogP contribution in [0, 0.1) is 0 Å². The van der Waals surface area contributed by atoms with Crippen LogP contribution >= 0.6 is 0 Å². The summed E-state index contributed by atoms with van der Waals surface area (Å²) in [5.41, 5.74) is -2.79. The molecule has 8 nitrogen and oxygen atoms in total. The van der Waals surface area contributed by atoms with Crippen LogP contribution in [-0.2, 0) is 5.60 Å². The zero-order chi connectivity index (χ0) is 20.8. The lowest BCUT2D eigenvalue weighted by atomic mass is 10.0. The number of aliphatic hydroxyl groups is 1. The molecule has 3 N–H and O–H groups in total. The monoisotopic (exact) mass is 411 g/mol. The van der Waals surface area contributed by atoms with Crippen molar-refractivity contribution in [1.29, 1.82) is 0 Å². The minimum Gasteiger partial charge on any atom is -0.375 e. The van der Waals surface area contributed by atoms with E-state index in [0.717, 1.165) is 12.4 Å². The summed E-state index contributed by atoms with van der Waals surface area (Å²) in [5, 5.41) is 15.8. The molecule has 0 amide bonds. The average Bonchev–Trinajstić information content (AvgIpc) is 3.27. The summed E-state index contributed by atoms with van der Waals surface area (Å²) in [4.78, 5) is 16.2. The number of hydrogen-bond donors (Lipinski definition) is 3. The Morgan fingerprint density at radius 1 is 1.17 bits per heavy atom. The van der Waals surface area contributed by atoms with Crippen LogP contribution in [0.3, 0.4) is 0 Å². The zero-order valence-electron chi connectivity index (χ0n) is 15.2. The molecule has 0 aliphatic carbocycles. The third-order valence-electron chi connectivity index (χ3n) is 4.82. The molecular weight excluding hydrogens is 394 g/mol. The molecule has 1 aliphatic heterocycles. The summed E-state index contributed by atoms with van der Waals surface area (Å²) < 4.78 is 54.6. The number of halogens is 4. The molecule has 0 saturated carbocycles. The van der Waals surface area contributed by atoms with Crippen molar-refractivity contribution in [3.8, 4) is 11.4 Å². The first-order valence-corrected chi connectivity index (χ1v) is 8.73. The molecule has 0 radical (unpaired) electrons. The molecule has 154 valence electrons. The second-order valence-electron chi connectivity index (χ2n) is 6.93. The molecule has 1 saturated heterocycles. The van der Waals surface area contributed by atoms with Gasteiger partial charge in [-0.25, -0.2) is 14.4 Å². The minimum atomic E-state index is -4.91. The normalized spacial score (nSPS) is 22.0. The summed E-state index contributed by atoms with van der Waals surface area (Å²) in [6.07, 6.45) is 0.463. The summed E-state index contributed by atoms with van der Waals surface area (Å²) in [5.74, 6) is 0.324. The Hall–Kier alpha value is -2.86. The average molecular weight is 411 g/mol. The highest BCUT2D eigenvalue weighted by Gasteiger charge is 2.52. The Bertz CT molecular complexity index is 1040. The van der Waals surface area contributed by atoms with Crippen LogP contribution in [0.4, 0.5) is 23.4 Å². The molecule has 1 unspecified atom stereocenters. The number of fused-ring (bicyclic) bond motifs is 1. The fourth-order valence-corrected chi connectivity index (χ4v) is 3.01. The van der Waals surface area contributed by atoms with E-state index in [-0.39, 0.29) is 12.2 Å². The van der Waals surface area contributed by atoms with Gasteiger partial charge in [0.15, 0.2) is 5.65 Å². The fraction of sp³-hybridized carbons (Fsp3) is 0.412. The molecule has 3 aromatic heterocycles. The van der Waals surface area contributed by atoms with Gasteiger partial charge in [-0.05, 0) is 6.92 Å². The van der Waals surface area contributed by atoms with Gasteiger partial charge in [-0.1, -0.05) is 0 Å². The number of aromatic nitrogens is 5. The van der Waals surface area contributed by atoms with E-state index in [1.54, 1.807) is 0 Å². The van der Waals surface area contributed by atoms with Crippen LogP contribution in [0.15, 0.2) is 31.0 Å². The van der Waals surface area contributed by atoms with Crippen molar-refractivity contribution in [2.45, 2.75) is 30.9 Å². The highest BCUT2D eigenvalue weighted by atomic mass is 19.4. The summed E-state index contributed by atoms with van der Waals surface area (Å²) >= 11 is 0. The van der Waals surface area contributed by atoms with Gasteiger partial charge < -0.3 is 15.7 Å². The Morgan fingerprint density at radius 2 is 1.97 bits per heavy atom. The molecule has 29 heavy (non-hydrogen) atoms. The van der Waals surface area contributed by atoms with Gasteiger partial charge >= 0.3 is 6.18 Å². The van der Waals surface area contributed by atoms with Crippen molar-refractivity contribution in [3.05, 3.63) is 36.7 Å². The second-order valence-corrected chi connectivity index (χ2v) is 6.93. The lowest BCUT2D eigenvalue weighted by Crippen LogP contribution is -2.40. The highest BCUT2D eigenvalue weighted by Crippen LogP contribution is 2.37. The van der Waals surface area contributed by atoms with Crippen LogP contribution in [0.1, 0.15) is 12.6 Å². The maximum atomic E-state index is 13.8. The molecule has 0 aromatic carbocycles. The van der Waals surface area contributed by atoms with Gasteiger partial charge in [-0.15, -0.1) is 0 Å². The molecular formula is C17H17F4N7O. The van der Waals surface area contributed by atoms with Crippen LogP contribution in [0.25, 0.3) is 17.0 Å². The largest absolute Gasteiger partial charge is 0.422 e. The number of anilines is 1. The second kappa shape index (κ2) is 6.88. The first-order valence-electron chi connectivity index (χ1n) is 8.73. The van der Waals surface area contributed by atoms with Crippen molar-refractivity contribution in [1.82, 2.24) is 29.7 Å². The maximum Gasteiger partial charge on any atom is 0.422 e. The third-order valence-corrected chi connectivity index (χ3v) is 4.82. The van der Waals surface area contributed by atoms with Gasteiger partial charge in [0.25, 0.3) is 0 Å². The van der Waals surface area contributed by atoms with Crippen molar-refractivity contribution in [3.63, 3.8) is 0 Å². The molecule has 3 atom stereocenters. The van der Waals surface area contributed by atoms with Crippen molar-refractivity contribution >= 4 is 11.5 Å². The molecule has 4 heterocycles. The van der Waals surface area contributed by atoms with Gasteiger partial charge in [0.1, 0.15) is 17.7 Å². The predicted octanol–water partition coefficient (Wildman–Crippen LogP) is 1.68. The van der Waals surface area contributed by atoms with E-state index in [1.165, 1.54) is 23.0 Å². The molecule has 0 bridgehead atoms. The Morgan fingerprint density at radius 3 is 2.66 bits per heavy atom. The number of alkyl halides is 4. The summed E-state index contributed by atoms with van der Waals surface area (Å²) in [6.45, 7) is 1.31. The summed E-state index contributed by atoms with van der Waals surface area (Å²) in [7, 11) is 0. The first-order chi connectivity index (χ1) is 13.7. The minimum absolute atomic E-state index is 0.243. The first kappa shape index (κ1) is 19.5. The number of nitrogens with one attached hydrogen (secondary N) is 2. The van der Waals surface area contributed by atoms with E-state index in [4.69, 9.17) is 0 Å². The Kier molecular flexibility index (Phi) is 4.62. The number of rotatable bonds is 4. The topological polar surface area (TPSA) is 100 Å². The van der Waals surface area contributed by atoms with Crippen LogP contribution in [-0.4, -0.2) is 60.9 Å². The Balaban J connectivity index is 1.71. The van der Waals surface area contributed by atoms with Gasteiger partial charge in [0, 0.05) is 19.3 Å². The quantitative estimate of drug-likeness (QED) is 0.562. The van der Waals surface area contributed by atoms with Gasteiger partial charge in [0.2, 0.25) is 5.60 Å². The molecule has 3 aromatic rings. The smallest absolute Gasteiger partial charge is 0.375 e. The van der Waals surface area contributed by atoms with Gasteiger partial charge in [-0.3, -0.25) is 14.4 Å². The van der Waals surface area contributed by atoms with Crippen LogP contribution in [0.2, 0.25) is 0 Å². The predicted molar refractivity (Wildman–Crippen MR) is 94.8 cm³/mol. The van der Waals surface area contributed by atoms with E-state index >= 15 is 0 Å². The molecule has 1 fully saturated rings. The lowest BCUT2D eigenvalue weighted by molar-refractivity contribution is -0.260. The van der Waals surface area contributed by atoms with Crippen LogP contribution in [0.5, 0.6) is 0 Å². The molecule has 1 aliphatic rings. The standard InChI is InChI=1S/C17H17F4N7O/c1-16(29,17(19,20)21)13-8-28-12(5-25-15(28)7-24-13)11-4-23-6-14(27-11)26-10-3-22-2-9(10)18/h4-10,22,29H,2-3H2,1H3,(H,26,27)/t9-,10-,16?/m0/s1. The number of imidazole rings is 1. The highest BCUT2D eigenvalue weighted by molar-refractivity contribution is 5.60. The van der Waals surface area contributed by atoms with Crippen molar-refractivity contribution < 1.29 is 22.7 Å². The molecule has 0 spiro atoms. The van der Waals surface area contributed by atoms with E-state index in [1.807, 2.05) is 0 Å². The Labute approximate surface area is 162 Å². The molecule has 12 heteroatoms.